The minimum atomic E-state index is -4.10. The van der Waals surface area contributed by atoms with Gasteiger partial charge in [-0.3, -0.25) is 9.59 Å². The third-order valence-corrected chi connectivity index (χ3v) is 9.67. The van der Waals surface area contributed by atoms with Gasteiger partial charge in [0.15, 0.2) is 0 Å². The molecule has 43 heavy (non-hydrogen) atoms. The number of halogens is 2. The quantitative estimate of drug-likeness (QED) is 0.255. The van der Waals surface area contributed by atoms with E-state index in [1.807, 2.05) is 63.2 Å². The summed E-state index contributed by atoms with van der Waals surface area (Å²) in [6.45, 7) is 6.93. The summed E-state index contributed by atoms with van der Waals surface area (Å²) in [6.07, 6.45) is 0.909. The van der Waals surface area contributed by atoms with E-state index in [-0.39, 0.29) is 24.9 Å². The Hall–Kier alpha value is -3.11. The lowest BCUT2D eigenvalue weighted by atomic mass is 10.0. The fraction of sp³-hybridized carbons (Fsp3) is 0.375. The van der Waals surface area contributed by atoms with Crippen LogP contribution in [0.25, 0.3) is 0 Å². The van der Waals surface area contributed by atoms with Crippen LogP contribution in [0.3, 0.4) is 0 Å². The SMILES string of the molecule is CC[C@@H](C)NC(=O)[C@@H](Cc1ccccc1)N(Cc1ccc(Cl)cc1Cl)C(=O)CN(c1cc(C)ccc1C)S(=O)(=O)N(C)C. The number of anilines is 1. The Kier molecular flexibility index (Phi) is 12.0. The number of amides is 2. The molecule has 232 valence electrons. The van der Waals surface area contributed by atoms with Crippen molar-refractivity contribution in [2.45, 2.75) is 59.2 Å². The summed E-state index contributed by atoms with van der Waals surface area (Å²) in [6, 6.07) is 18.7. The summed E-state index contributed by atoms with van der Waals surface area (Å²) >= 11 is 12.7. The first-order chi connectivity index (χ1) is 20.2. The van der Waals surface area contributed by atoms with Gasteiger partial charge in [-0.1, -0.05) is 78.7 Å². The molecule has 0 fully saturated rings. The topological polar surface area (TPSA) is 90.0 Å². The van der Waals surface area contributed by atoms with Gasteiger partial charge in [-0.2, -0.15) is 12.7 Å². The van der Waals surface area contributed by atoms with Gasteiger partial charge in [-0.05, 0) is 67.6 Å². The Balaban J connectivity index is 2.16. The number of aryl methyl sites for hydroxylation is 2. The van der Waals surface area contributed by atoms with Crippen LogP contribution in [0.5, 0.6) is 0 Å². The van der Waals surface area contributed by atoms with Crippen LogP contribution >= 0.6 is 23.2 Å². The van der Waals surface area contributed by atoms with Crippen molar-refractivity contribution >= 4 is 50.9 Å². The molecule has 0 saturated carbocycles. The van der Waals surface area contributed by atoms with Gasteiger partial charge >= 0.3 is 10.2 Å². The number of carbonyl (C=O) groups is 2. The molecule has 0 unspecified atom stereocenters. The predicted octanol–water partition coefficient (Wildman–Crippen LogP) is 5.78. The summed E-state index contributed by atoms with van der Waals surface area (Å²) in [4.78, 5) is 29.7. The Morgan fingerprint density at radius 2 is 1.63 bits per heavy atom. The second kappa shape index (κ2) is 15.1. The zero-order valence-electron chi connectivity index (χ0n) is 25.5. The van der Waals surface area contributed by atoms with Gasteiger partial charge in [0.05, 0.1) is 5.69 Å². The molecule has 0 heterocycles. The van der Waals surface area contributed by atoms with Crippen molar-refractivity contribution in [1.82, 2.24) is 14.5 Å². The first-order valence-corrected chi connectivity index (χ1v) is 16.2. The number of carbonyl (C=O) groups excluding carboxylic acids is 2. The molecule has 0 saturated heterocycles. The van der Waals surface area contributed by atoms with Crippen LogP contribution < -0.4 is 9.62 Å². The van der Waals surface area contributed by atoms with Crippen LogP contribution in [0, 0.1) is 13.8 Å². The maximum atomic E-state index is 14.4. The highest BCUT2D eigenvalue weighted by Crippen LogP contribution is 2.28. The van der Waals surface area contributed by atoms with E-state index in [9.17, 15) is 18.0 Å². The first kappa shape index (κ1) is 34.4. The second-order valence-electron chi connectivity index (χ2n) is 10.9. The Morgan fingerprint density at radius 3 is 2.23 bits per heavy atom. The average molecular weight is 648 g/mol. The van der Waals surface area contributed by atoms with E-state index in [4.69, 9.17) is 23.2 Å². The van der Waals surface area contributed by atoms with E-state index in [2.05, 4.69) is 5.32 Å². The summed E-state index contributed by atoms with van der Waals surface area (Å²) in [5.74, 6) is -0.900. The normalized spacial score (nSPS) is 13.0. The molecule has 2 amide bonds. The van der Waals surface area contributed by atoms with E-state index in [0.717, 1.165) is 19.7 Å². The molecule has 3 aromatic rings. The van der Waals surface area contributed by atoms with Gasteiger partial charge in [0.2, 0.25) is 11.8 Å². The van der Waals surface area contributed by atoms with E-state index in [0.29, 0.717) is 33.3 Å². The second-order valence-corrected chi connectivity index (χ2v) is 13.8. The molecule has 2 atom stereocenters. The maximum Gasteiger partial charge on any atom is 0.304 e. The Morgan fingerprint density at radius 1 is 0.953 bits per heavy atom. The molecule has 0 aromatic heterocycles. The number of hydrogen-bond donors (Lipinski definition) is 1. The minimum Gasteiger partial charge on any atom is -0.352 e. The molecule has 0 aliphatic carbocycles. The highest BCUT2D eigenvalue weighted by atomic mass is 35.5. The van der Waals surface area contributed by atoms with Crippen molar-refractivity contribution in [3.05, 3.63) is 99.0 Å². The van der Waals surface area contributed by atoms with Crippen molar-refractivity contribution in [2.75, 3.05) is 24.9 Å². The van der Waals surface area contributed by atoms with Crippen LogP contribution in [0.15, 0.2) is 66.7 Å². The molecule has 0 radical (unpaired) electrons. The van der Waals surface area contributed by atoms with Gasteiger partial charge < -0.3 is 10.2 Å². The molecule has 3 rings (SSSR count). The van der Waals surface area contributed by atoms with Crippen LogP contribution in [0.2, 0.25) is 10.0 Å². The van der Waals surface area contributed by atoms with Crippen molar-refractivity contribution in [3.63, 3.8) is 0 Å². The summed E-state index contributed by atoms with van der Waals surface area (Å²) in [5.41, 5.74) is 3.33. The summed E-state index contributed by atoms with van der Waals surface area (Å²) in [5, 5.41) is 3.78. The molecule has 0 spiro atoms. The molecule has 0 bridgehead atoms. The van der Waals surface area contributed by atoms with Gasteiger partial charge in [0.25, 0.3) is 0 Å². The molecular formula is C32H40Cl2N4O4S. The van der Waals surface area contributed by atoms with E-state index >= 15 is 0 Å². The van der Waals surface area contributed by atoms with E-state index < -0.39 is 28.7 Å². The van der Waals surface area contributed by atoms with Crippen LogP contribution in [0.1, 0.15) is 42.5 Å². The smallest absolute Gasteiger partial charge is 0.304 e. The monoisotopic (exact) mass is 646 g/mol. The molecule has 0 aliphatic heterocycles. The fourth-order valence-electron chi connectivity index (χ4n) is 4.52. The number of nitrogens with one attached hydrogen (secondary N) is 1. The van der Waals surface area contributed by atoms with E-state index in [1.165, 1.54) is 19.0 Å². The van der Waals surface area contributed by atoms with Crippen LogP contribution in [-0.2, 0) is 32.8 Å². The van der Waals surface area contributed by atoms with Crippen molar-refractivity contribution in [1.29, 1.82) is 0 Å². The molecule has 1 N–H and O–H groups in total. The molecule has 0 aliphatic rings. The molecular weight excluding hydrogens is 607 g/mol. The highest BCUT2D eigenvalue weighted by molar-refractivity contribution is 7.90. The molecule has 11 heteroatoms. The Bertz CT molecular complexity index is 1530. The largest absolute Gasteiger partial charge is 0.352 e. The number of hydrogen-bond acceptors (Lipinski definition) is 4. The van der Waals surface area contributed by atoms with Crippen LogP contribution in [-0.4, -0.2) is 62.2 Å². The van der Waals surface area contributed by atoms with Gasteiger partial charge in [-0.25, -0.2) is 4.31 Å². The van der Waals surface area contributed by atoms with Gasteiger partial charge in [0, 0.05) is 43.1 Å². The third-order valence-electron chi connectivity index (χ3n) is 7.28. The summed E-state index contributed by atoms with van der Waals surface area (Å²) < 4.78 is 29.5. The van der Waals surface area contributed by atoms with Crippen molar-refractivity contribution in [2.24, 2.45) is 0 Å². The zero-order chi connectivity index (χ0) is 31.9. The zero-order valence-corrected chi connectivity index (χ0v) is 27.8. The van der Waals surface area contributed by atoms with Gasteiger partial charge in [0.1, 0.15) is 12.6 Å². The van der Waals surface area contributed by atoms with Crippen LogP contribution in [0.4, 0.5) is 5.69 Å². The first-order valence-electron chi connectivity index (χ1n) is 14.1. The maximum absolute atomic E-state index is 14.4. The van der Waals surface area contributed by atoms with Crippen molar-refractivity contribution in [3.8, 4) is 0 Å². The van der Waals surface area contributed by atoms with Gasteiger partial charge in [-0.15, -0.1) is 0 Å². The lowest BCUT2D eigenvalue weighted by molar-refractivity contribution is -0.140. The number of rotatable bonds is 13. The van der Waals surface area contributed by atoms with Crippen molar-refractivity contribution < 1.29 is 18.0 Å². The Labute approximate surface area is 265 Å². The molecule has 8 nitrogen and oxygen atoms in total. The highest BCUT2D eigenvalue weighted by Gasteiger charge is 2.35. The van der Waals surface area contributed by atoms with E-state index in [1.54, 1.807) is 31.2 Å². The number of benzene rings is 3. The minimum absolute atomic E-state index is 0.0388. The fourth-order valence-corrected chi connectivity index (χ4v) is 6.10. The lowest BCUT2D eigenvalue weighted by Crippen LogP contribution is -2.55. The standard InChI is InChI=1S/C32H40Cl2N4O4S/c1-7-24(4)35-32(40)30(18-25-11-9-8-10-12-25)37(20-26-15-16-27(33)19-28(26)34)31(39)21-38(43(41,42)36(5)6)29-17-22(2)13-14-23(29)3/h8-17,19,24,30H,7,18,20-21H2,1-6H3,(H,35,40)/t24-,30-/m1/s1. The molecule has 3 aromatic carbocycles. The summed E-state index contributed by atoms with van der Waals surface area (Å²) in [7, 11) is -1.26. The third kappa shape index (κ3) is 8.95. The average Bonchev–Trinajstić information content (AvgIpc) is 2.96. The predicted molar refractivity (Wildman–Crippen MR) is 175 cm³/mol. The lowest BCUT2D eigenvalue weighted by Gasteiger charge is -2.35. The number of nitrogens with zero attached hydrogens (tertiary/aromatic N) is 3.